The number of ether oxygens (including phenoxy) is 1. The average Bonchev–Trinajstić information content (AvgIpc) is 2.33. The summed E-state index contributed by atoms with van der Waals surface area (Å²) in [6.07, 6.45) is 1.65. The van der Waals surface area contributed by atoms with Crippen LogP contribution in [0.5, 0.6) is 0 Å². The number of carbonyl (C=O) groups excluding carboxylic acids is 1. The highest BCUT2D eigenvalue weighted by Crippen LogP contribution is 2.20. The second-order valence-electron chi connectivity index (χ2n) is 2.22. The van der Waals surface area contributed by atoms with Crippen molar-refractivity contribution in [2.45, 2.75) is 6.61 Å². The third-order valence-electron chi connectivity index (χ3n) is 1.50. The van der Waals surface area contributed by atoms with E-state index in [9.17, 15) is 4.79 Å². The van der Waals surface area contributed by atoms with E-state index in [1.54, 1.807) is 12.3 Å². The van der Waals surface area contributed by atoms with Crippen molar-refractivity contribution in [2.24, 2.45) is 0 Å². The number of esters is 1. The van der Waals surface area contributed by atoms with Crippen molar-refractivity contribution in [3.8, 4) is 0 Å². The van der Waals surface area contributed by atoms with Gasteiger partial charge in [-0.15, -0.1) is 0 Å². The Morgan fingerprint density at radius 2 is 2.45 bits per heavy atom. The first-order chi connectivity index (χ1) is 5.27. The van der Waals surface area contributed by atoms with Crippen LogP contribution in [0.25, 0.3) is 0 Å². The summed E-state index contributed by atoms with van der Waals surface area (Å²) in [5.41, 5.74) is 1.29. The number of carbonyl (C=O) groups is 1. The largest absolute Gasteiger partial charge is 0.456 e. The molecule has 0 aliphatic carbocycles. The number of fused-ring (bicyclic) bond motifs is 1. The molecule has 0 N–H and O–H groups in total. The summed E-state index contributed by atoms with van der Waals surface area (Å²) in [6.45, 7) is 0.307. The van der Waals surface area contributed by atoms with Gasteiger partial charge in [0.25, 0.3) is 0 Å². The van der Waals surface area contributed by atoms with E-state index in [1.165, 1.54) is 0 Å². The van der Waals surface area contributed by atoms with Crippen LogP contribution in [0.3, 0.4) is 0 Å². The highest BCUT2D eigenvalue weighted by Gasteiger charge is 2.21. The van der Waals surface area contributed by atoms with Crippen molar-refractivity contribution in [3.63, 3.8) is 0 Å². The fourth-order valence-electron chi connectivity index (χ4n) is 0.971. The zero-order valence-electron chi connectivity index (χ0n) is 5.50. The van der Waals surface area contributed by atoms with E-state index in [1.807, 2.05) is 0 Å². The lowest BCUT2D eigenvalue weighted by atomic mass is 10.2. The number of nitrogens with zero attached hydrogens (tertiary/aromatic N) is 1. The Labute approximate surface area is 71.5 Å². The minimum Gasteiger partial charge on any atom is -0.456 e. The van der Waals surface area contributed by atoms with Crippen molar-refractivity contribution >= 4 is 21.9 Å². The molecule has 1 aromatic heterocycles. The van der Waals surface area contributed by atoms with Gasteiger partial charge in [0.1, 0.15) is 6.61 Å². The van der Waals surface area contributed by atoms with Gasteiger partial charge in [0.2, 0.25) is 0 Å². The van der Waals surface area contributed by atoms with Crippen LogP contribution in [0, 0.1) is 0 Å². The average molecular weight is 214 g/mol. The quantitative estimate of drug-likeness (QED) is 0.614. The molecule has 3 nitrogen and oxygen atoms in total. The van der Waals surface area contributed by atoms with Gasteiger partial charge in [-0.25, -0.2) is 4.79 Å². The van der Waals surface area contributed by atoms with E-state index in [2.05, 4.69) is 20.9 Å². The molecule has 2 rings (SSSR count). The van der Waals surface area contributed by atoms with Crippen LogP contribution in [0.4, 0.5) is 0 Å². The maximum absolute atomic E-state index is 10.9. The van der Waals surface area contributed by atoms with Crippen molar-refractivity contribution in [3.05, 3.63) is 28.0 Å². The maximum Gasteiger partial charge on any atom is 0.340 e. The van der Waals surface area contributed by atoms with Gasteiger partial charge in [-0.2, -0.15) is 0 Å². The smallest absolute Gasteiger partial charge is 0.340 e. The lowest BCUT2D eigenvalue weighted by Gasteiger charge is -1.91. The molecule has 0 spiro atoms. The highest BCUT2D eigenvalue weighted by atomic mass is 79.9. The molecule has 0 unspecified atom stereocenters. The fourth-order valence-corrected chi connectivity index (χ4v) is 1.30. The number of aromatic nitrogens is 1. The van der Waals surface area contributed by atoms with Gasteiger partial charge in [0, 0.05) is 10.7 Å². The predicted molar refractivity (Wildman–Crippen MR) is 41.1 cm³/mol. The molecule has 2 heterocycles. The Bertz CT molecular complexity index is 324. The van der Waals surface area contributed by atoms with Gasteiger partial charge in [-0.1, -0.05) is 0 Å². The minimum atomic E-state index is -0.284. The van der Waals surface area contributed by atoms with Gasteiger partial charge in [-0.3, -0.25) is 4.98 Å². The SMILES string of the molecule is O=C1OCc2ncc(Br)cc21. The molecule has 1 aromatic rings. The van der Waals surface area contributed by atoms with E-state index >= 15 is 0 Å². The highest BCUT2D eigenvalue weighted by molar-refractivity contribution is 9.10. The number of hydrogen-bond donors (Lipinski definition) is 0. The summed E-state index contributed by atoms with van der Waals surface area (Å²) in [6, 6.07) is 1.72. The molecule has 0 saturated carbocycles. The molecule has 56 valence electrons. The predicted octanol–water partition coefficient (Wildman–Crippen LogP) is 1.51. The molecular formula is C7H4BrNO2. The van der Waals surface area contributed by atoms with Crippen LogP contribution in [0.2, 0.25) is 0 Å². The summed E-state index contributed by atoms with van der Waals surface area (Å²) < 4.78 is 5.56. The molecule has 0 amide bonds. The van der Waals surface area contributed by atoms with Gasteiger partial charge in [-0.05, 0) is 22.0 Å². The molecule has 0 atom stereocenters. The summed E-state index contributed by atoms with van der Waals surface area (Å²) >= 11 is 3.22. The summed E-state index contributed by atoms with van der Waals surface area (Å²) in [7, 11) is 0. The molecule has 1 aliphatic heterocycles. The number of halogens is 1. The Balaban J connectivity index is 2.60. The Morgan fingerprint density at radius 3 is 3.27 bits per heavy atom. The molecule has 1 aliphatic rings. The molecule has 0 saturated heterocycles. The minimum absolute atomic E-state index is 0.284. The zero-order chi connectivity index (χ0) is 7.84. The van der Waals surface area contributed by atoms with Gasteiger partial charge in [0.15, 0.2) is 0 Å². The first-order valence-corrected chi connectivity index (χ1v) is 3.88. The van der Waals surface area contributed by atoms with Gasteiger partial charge < -0.3 is 4.74 Å². The molecule has 0 aromatic carbocycles. The van der Waals surface area contributed by atoms with E-state index in [0.29, 0.717) is 12.2 Å². The van der Waals surface area contributed by atoms with Gasteiger partial charge in [0.05, 0.1) is 11.3 Å². The van der Waals surface area contributed by atoms with Crippen LogP contribution < -0.4 is 0 Å². The van der Waals surface area contributed by atoms with Crippen LogP contribution in [-0.2, 0) is 11.3 Å². The lowest BCUT2D eigenvalue weighted by Crippen LogP contribution is -1.93. The Morgan fingerprint density at radius 1 is 1.64 bits per heavy atom. The second-order valence-corrected chi connectivity index (χ2v) is 3.14. The molecular weight excluding hydrogens is 210 g/mol. The Hall–Kier alpha value is -0.900. The van der Waals surface area contributed by atoms with Crippen LogP contribution >= 0.6 is 15.9 Å². The van der Waals surface area contributed by atoms with Crippen LogP contribution in [0.1, 0.15) is 16.1 Å². The molecule has 4 heteroatoms. The number of cyclic esters (lactones) is 1. The van der Waals surface area contributed by atoms with E-state index in [-0.39, 0.29) is 5.97 Å². The molecule has 0 fully saturated rings. The molecule has 11 heavy (non-hydrogen) atoms. The third kappa shape index (κ3) is 1.03. The topological polar surface area (TPSA) is 39.2 Å². The van der Waals surface area contributed by atoms with Crippen molar-refractivity contribution < 1.29 is 9.53 Å². The summed E-state index contributed by atoms with van der Waals surface area (Å²) in [5, 5.41) is 0. The standard InChI is InChI=1S/C7H4BrNO2/c8-4-1-5-6(9-2-4)3-11-7(5)10/h1-2H,3H2. The zero-order valence-corrected chi connectivity index (χ0v) is 7.09. The number of hydrogen-bond acceptors (Lipinski definition) is 3. The van der Waals surface area contributed by atoms with Gasteiger partial charge >= 0.3 is 5.97 Å². The first kappa shape index (κ1) is 6.79. The summed E-state index contributed by atoms with van der Waals surface area (Å²) in [5.74, 6) is -0.284. The molecule has 0 radical (unpaired) electrons. The van der Waals surface area contributed by atoms with E-state index in [0.717, 1.165) is 10.2 Å². The van der Waals surface area contributed by atoms with E-state index < -0.39 is 0 Å². The van der Waals surface area contributed by atoms with E-state index in [4.69, 9.17) is 4.74 Å². The summed E-state index contributed by atoms with van der Waals surface area (Å²) in [4.78, 5) is 15.0. The van der Waals surface area contributed by atoms with Crippen molar-refractivity contribution in [1.82, 2.24) is 4.98 Å². The molecule has 0 bridgehead atoms. The van der Waals surface area contributed by atoms with Crippen LogP contribution in [0.15, 0.2) is 16.7 Å². The fraction of sp³-hybridized carbons (Fsp3) is 0.143. The van der Waals surface area contributed by atoms with Crippen LogP contribution in [-0.4, -0.2) is 11.0 Å². The van der Waals surface area contributed by atoms with Crippen molar-refractivity contribution in [1.29, 1.82) is 0 Å². The third-order valence-corrected chi connectivity index (χ3v) is 1.93. The number of pyridine rings is 1. The monoisotopic (exact) mass is 213 g/mol. The lowest BCUT2D eigenvalue weighted by molar-refractivity contribution is 0.0533. The van der Waals surface area contributed by atoms with Crippen molar-refractivity contribution in [2.75, 3.05) is 0 Å². The Kier molecular flexibility index (Phi) is 1.42. The maximum atomic E-state index is 10.9. The number of rotatable bonds is 0. The first-order valence-electron chi connectivity index (χ1n) is 3.09. The normalized spacial score (nSPS) is 14.5. The second kappa shape index (κ2) is 2.30.